The van der Waals surface area contributed by atoms with Crippen molar-refractivity contribution in [2.24, 2.45) is 0 Å². The van der Waals surface area contributed by atoms with Crippen molar-refractivity contribution in [3.63, 3.8) is 0 Å². The van der Waals surface area contributed by atoms with Crippen LogP contribution in [0.2, 0.25) is 0 Å². The fourth-order valence-corrected chi connectivity index (χ4v) is 9.15. The van der Waals surface area contributed by atoms with Crippen LogP contribution in [0.3, 0.4) is 0 Å². The molecule has 2 aromatic heterocycles. The number of rotatable bonds is 6. The van der Waals surface area contributed by atoms with Crippen LogP contribution in [0.15, 0.2) is 218 Å². The lowest BCUT2D eigenvalue weighted by Crippen LogP contribution is -2.03. The second-order valence-corrected chi connectivity index (χ2v) is 15.6. The molecule has 4 nitrogen and oxygen atoms in total. The summed E-state index contributed by atoms with van der Waals surface area (Å²) in [6, 6.07) is 77.6. The molecule has 12 aromatic rings. The molecule has 0 fully saturated rings. The highest BCUT2D eigenvalue weighted by Gasteiger charge is 2.21. The van der Waals surface area contributed by atoms with Crippen LogP contribution >= 0.6 is 0 Å². The lowest BCUT2D eigenvalue weighted by Gasteiger charge is -2.15. The molecule has 0 amide bonds. The van der Waals surface area contributed by atoms with Crippen molar-refractivity contribution in [1.82, 2.24) is 19.5 Å². The average molecular weight is 777 g/mol. The Morgan fingerprint density at radius 1 is 0.246 bits per heavy atom. The summed E-state index contributed by atoms with van der Waals surface area (Å²) in [6.45, 7) is 0. The van der Waals surface area contributed by atoms with Gasteiger partial charge in [0, 0.05) is 27.5 Å². The topological polar surface area (TPSA) is 43.6 Å². The summed E-state index contributed by atoms with van der Waals surface area (Å²) in [4.78, 5) is 15.8. The van der Waals surface area contributed by atoms with Gasteiger partial charge in [-0.3, -0.25) is 0 Å². The van der Waals surface area contributed by atoms with Gasteiger partial charge in [0.2, 0.25) is 0 Å². The molecule has 0 aliphatic heterocycles. The maximum Gasteiger partial charge on any atom is 0.166 e. The maximum absolute atomic E-state index is 5.35. The van der Waals surface area contributed by atoms with Gasteiger partial charge in [-0.15, -0.1) is 0 Å². The van der Waals surface area contributed by atoms with Gasteiger partial charge in [0.15, 0.2) is 17.5 Å². The molecular weight excluding hydrogens is 741 g/mol. The van der Waals surface area contributed by atoms with Gasteiger partial charge in [0.1, 0.15) is 0 Å². The lowest BCUT2D eigenvalue weighted by atomic mass is 9.93. The number of para-hydroxylation sites is 1. The second-order valence-electron chi connectivity index (χ2n) is 15.6. The van der Waals surface area contributed by atoms with Crippen molar-refractivity contribution in [2.75, 3.05) is 0 Å². The first-order valence-electron chi connectivity index (χ1n) is 20.7. The zero-order valence-corrected chi connectivity index (χ0v) is 33.1. The van der Waals surface area contributed by atoms with E-state index in [4.69, 9.17) is 15.0 Å². The minimum absolute atomic E-state index is 0.611. The van der Waals surface area contributed by atoms with E-state index >= 15 is 0 Å². The SMILES string of the molecule is c1ccc(-c2ccc3c(c2)c2cc(-c4ccccc4)ccc2n3-c2ccccc2-c2nc(-c3ccccc3)nc(-c3ccc4c5ccccc5c5ccccc5c4c3)n2)cc1. The highest BCUT2D eigenvalue weighted by atomic mass is 15.1. The highest BCUT2D eigenvalue weighted by molar-refractivity contribution is 6.25. The summed E-state index contributed by atoms with van der Waals surface area (Å²) in [5, 5.41) is 9.66. The van der Waals surface area contributed by atoms with Gasteiger partial charge in [0.05, 0.1) is 16.7 Å². The molecule has 12 rings (SSSR count). The minimum atomic E-state index is 0.611. The van der Waals surface area contributed by atoms with Gasteiger partial charge < -0.3 is 4.57 Å². The quantitative estimate of drug-likeness (QED) is 0.158. The van der Waals surface area contributed by atoms with Crippen LogP contribution in [0, 0.1) is 0 Å². The van der Waals surface area contributed by atoms with Crippen molar-refractivity contribution < 1.29 is 0 Å². The number of aromatic nitrogens is 4. The van der Waals surface area contributed by atoms with Crippen molar-refractivity contribution >= 4 is 54.1 Å². The molecule has 284 valence electrons. The van der Waals surface area contributed by atoms with Crippen molar-refractivity contribution in [1.29, 1.82) is 0 Å². The Bertz CT molecular complexity index is 3500. The van der Waals surface area contributed by atoms with Gasteiger partial charge in [-0.05, 0) is 97.0 Å². The van der Waals surface area contributed by atoms with Gasteiger partial charge in [-0.2, -0.15) is 0 Å². The second kappa shape index (κ2) is 14.3. The van der Waals surface area contributed by atoms with Crippen LogP contribution in [0.1, 0.15) is 0 Å². The van der Waals surface area contributed by atoms with E-state index in [-0.39, 0.29) is 0 Å². The first kappa shape index (κ1) is 34.8. The fourth-order valence-electron chi connectivity index (χ4n) is 9.15. The predicted molar refractivity (Wildman–Crippen MR) is 254 cm³/mol. The Morgan fingerprint density at radius 3 is 1.20 bits per heavy atom. The Balaban J connectivity index is 1.09. The molecule has 10 aromatic carbocycles. The summed E-state index contributed by atoms with van der Waals surface area (Å²) in [6.07, 6.45) is 0. The van der Waals surface area contributed by atoms with E-state index in [2.05, 4.69) is 205 Å². The molecule has 2 heterocycles. The number of hydrogen-bond donors (Lipinski definition) is 0. The summed E-state index contributed by atoms with van der Waals surface area (Å²) < 4.78 is 2.38. The van der Waals surface area contributed by atoms with Crippen LogP contribution in [-0.4, -0.2) is 19.5 Å². The lowest BCUT2D eigenvalue weighted by molar-refractivity contribution is 1.06. The molecule has 0 spiro atoms. The van der Waals surface area contributed by atoms with Crippen LogP contribution in [0.5, 0.6) is 0 Å². The molecule has 4 heteroatoms. The van der Waals surface area contributed by atoms with Gasteiger partial charge >= 0.3 is 0 Å². The molecule has 0 aliphatic rings. The smallest absolute Gasteiger partial charge is 0.166 e. The third kappa shape index (κ3) is 5.88. The van der Waals surface area contributed by atoms with Gasteiger partial charge in [0.25, 0.3) is 0 Å². The fraction of sp³-hybridized carbons (Fsp3) is 0. The molecular formula is C57H36N4. The van der Waals surface area contributed by atoms with E-state index in [0.717, 1.165) is 33.4 Å². The first-order chi connectivity index (χ1) is 30.2. The van der Waals surface area contributed by atoms with Gasteiger partial charge in [-0.25, -0.2) is 15.0 Å². The molecule has 0 atom stereocenters. The third-order valence-corrected chi connectivity index (χ3v) is 12.0. The standard InChI is InChI=1S/C57H36N4/c1-4-16-37(17-5-1)40-29-32-53-50(34-40)51-35-41(38-18-6-2-7-19-38)30-33-54(51)61(53)52-27-15-14-26-48(52)57-59-55(39-20-8-3-9-21-39)58-56(60-57)42-28-31-47-45-24-11-10-22-43(45)44-23-12-13-25-46(44)49(47)36-42/h1-36H. The Hall–Kier alpha value is -8.21. The molecule has 0 N–H and O–H groups in total. The summed E-state index contributed by atoms with van der Waals surface area (Å²) in [7, 11) is 0. The average Bonchev–Trinajstić information content (AvgIpc) is 3.67. The van der Waals surface area contributed by atoms with Crippen LogP contribution < -0.4 is 0 Å². The number of hydrogen-bond acceptors (Lipinski definition) is 3. The van der Waals surface area contributed by atoms with Crippen LogP contribution in [0.25, 0.3) is 116 Å². The van der Waals surface area contributed by atoms with Crippen LogP contribution in [0.4, 0.5) is 0 Å². The van der Waals surface area contributed by atoms with E-state index in [1.807, 2.05) is 18.2 Å². The van der Waals surface area contributed by atoms with Crippen molar-refractivity contribution in [3.8, 4) is 62.1 Å². The summed E-state index contributed by atoms with van der Waals surface area (Å²) in [5.74, 6) is 1.86. The molecule has 0 bridgehead atoms. The molecule has 61 heavy (non-hydrogen) atoms. The number of fused-ring (bicyclic) bond motifs is 9. The molecule has 0 saturated carbocycles. The van der Waals surface area contributed by atoms with E-state index in [9.17, 15) is 0 Å². The zero-order chi connectivity index (χ0) is 40.3. The molecule has 0 radical (unpaired) electrons. The minimum Gasteiger partial charge on any atom is -0.309 e. The summed E-state index contributed by atoms with van der Waals surface area (Å²) >= 11 is 0. The number of benzene rings is 10. The maximum atomic E-state index is 5.35. The van der Waals surface area contributed by atoms with E-state index < -0.39 is 0 Å². The van der Waals surface area contributed by atoms with E-state index in [1.165, 1.54) is 65.3 Å². The van der Waals surface area contributed by atoms with Crippen LogP contribution in [-0.2, 0) is 0 Å². The molecule has 0 aliphatic carbocycles. The van der Waals surface area contributed by atoms with E-state index in [1.54, 1.807) is 0 Å². The largest absolute Gasteiger partial charge is 0.309 e. The first-order valence-corrected chi connectivity index (χ1v) is 20.7. The number of nitrogens with zero attached hydrogens (tertiary/aromatic N) is 4. The predicted octanol–water partition coefficient (Wildman–Crippen LogP) is 14.8. The Labute approximate surface area is 352 Å². The van der Waals surface area contributed by atoms with Crippen molar-refractivity contribution in [2.45, 2.75) is 0 Å². The van der Waals surface area contributed by atoms with Gasteiger partial charge in [-0.1, -0.05) is 176 Å². The highest BCUT2D eigenvalue weighted by Crippen LogP contribution is 2.41. The molecule has 0 unspecified atom stereocenters. The normalized spacial score (nSPS) is 11.6. The molecule has 0 saturated heterocycles. The van der Waals surface area contributed by atoms with Crippen molar-refractivity contribution in [3.05, 3.63) is 218 Å². The van der Waals surface area contributed by atoms with E-state index in [0.29, 0.717) is 17.5 Å². The Morgan fingerprint density at radius 2 is 0.639 bits per heavy atom. The monoisotopic (exact) mass is 776 g/mol. The summed E-state index contributed by atoms with van der Waals surface area (Å²) in [5.41, 5.74) is 10.7. The Kier molecular flexibility index (Phi) is 8.13. The zero-order valence-electron chi connectivity index (χ0n) is 33.1. The third-order valence-electron chi connectivity index (χ3n) is 12.0.